The Morgan fingerprint density at radius 2 is 1.91 bits per heavy atom. The number of anilines is 1. The number of carbonyl (C=O) groups is 1. The van der Waals surface area contributed by atoms with Gasteiger partial charge in [0, 0.05) is 0 Å². The Labute approximate surface area is 191 Å². The van der Waals surface area contributed by atoms with Crippen LogP contribution in [0.1, 0.15) is 29.1 Å². The SMILES string of the molecule is C[C@H](NC(=O)c1c(N)nn2nnccc12)c1nc2cccc(Cl)c2c(=O)n1-c1ccccc1. The van der Waals surface area contributed by atoms with Crippen molar-refractivity contribution in [1.82, 2.24) is 34.9 Å². The lowest BCUT2D eigenvalue weighted by Gasteiger charge is -2.20. The van der Waals surface area contributed by atoms with Gasteiger partial charge in [-0.05, 0) is 42.5 Å². The number of benzene rings is 2. The molecule has 0 aliphatic carbocycles. The maximum absolute atomic E-state index is 13.5. The number of halogens is 1. The van der Waals surface area contributed by atoms with Crippen LogP contribution in [-0.2, 0) is 0 Å². The molecule has 3 N–H and O–H groups in total. The Morgan fingerprint density at radius 3 is 2.70 bits per heavy atom. The van der Waals surface area contributed by atoms with Crippen molar-refractivity contribution < 1.29 is 4.79 Å². The topological polar surface area (TPSA) is 133 Å². The molecule has 1 amide bonds. The molecule has 0 spiro atoms. The number of rotatable bonds is 4. The summed E-state index contributed by atoms with van der Waals surface area (Å²) in [5.74, 6) is -0.133. The number of hydrogen-bond acceptors (Lipinski definition) is 7. The van der Waals surface area contributed by atoms with Gasteiger partial charge >= 0.3 is 0 Å². The second-order valence-corrected chi connectivity index (χ2v) is 7.74. The van der Waals surface area contributed by atoms with Crippen LogP contribution in [0.2, 0.25) is 5.02 Å². The lowest BCUT2D eigenvalue weighted by molar-refractivity contribution is 0.0940. The molecule has 5 rings (SSSR count). The molecule has 33 heavy (non-hydrogen) atoms. The highest BCUT2D eigenvalue weighted by atomic mass is 35.5. The molecule has 0 saturated heterocycles. The summed E-state index contributed by atoms with van der Waals surface area (Å²) in [7, 11) is 0. The molecular formula is C22H17ClN8O2. The Hall–Kier alpha value is -4.31. The lowest BCUT2D eigenvalue weighted by Crippen LogP contribution is -2.33. The number of nitrogens with one attached hydrogen (secondary N) is 1. The van der Waals surface area contributed by atoms with Crippen molar-refractivity contribution in [3.8, 4) is 5.69 Å². The fourth-order valence-electron chi connectivity index (χ4n) is 3.73. The summed E-state index contributed by atoms with van der Waals surface area (Å²) < 4.78 is 2.63. The van der Waals surface area contributed by atoms with Gasteiger partial charge in [0.15, 0.2) is 5.82 Å². The molecule has 0 fully saturated rings. The average molecular weight is 461 g/mol. The van der Waals surface area contributed by atoms with E-state index in [2.05, 4.69) is 25.7 Å². The molecular weight excluding hydrogens is 444 g/mol. The van der Waals surface area contributed by atoms with E-state index in [0.29, 0.717) is 33.0 Å². The van der Waals surface area contributed by atoms with E-state index < -0.39 is 11.9 Å². The first-order chi connectivity index (χ1) is 16.0. The van der Waals surface area contributed by atoms with Gasteiger partial charge in [-0.3, -0.25) is 14.2 Å². The van der Waals surface area contributed by atoms with Gasteiger partial charge in [-0.1, -0.05) is 35.9 Å². The molecule has 3 aromatic heterocycles. The van der Waals surface area contributed by atoms with Crippen LogP contribution in [0.5, 0.6) is 0 Å². The second-order valence-electron chi connectivity index (χ2n) is 7.33. The zero-order chi connectivity index (χ0) is 23.1. The Balaban J connectivity index is 1.64. The third-order valence-electron chi connectivity index (χ3n) is 5.21. The van der Waals surface area contributed by atoms with Crippen LogP contribution in [0.15, 0.2) is 65.6 Å². The third-order valence-corrected chi connectivity index (χ3v) is 5.53. The largest absolute Gasteiger partial charge is 0.381 e. The van der Waals surface area contributed by atoms with Crippen molar-refractivity contribution in [2.75, 3.05) is 5.73 Å². The summed E-state index contributed by atoms with van der Waals surface area (Å²) in [4.78, 5) is 31.3. The molecule has 0 aliphatic heterocycles. The van der Waals surface area contributed by atoms with Crippen molar-refractivity contribution in [1.29, 1.82) is 0 Å². The van der Waals surface area contributed by atoms with Crippen LogP contribution >= 0.6 is 11.6 Å². The first-order valence-electron chi connectivity index (χ1n) is 9.99. The van der Waals surface area contributed by atoms with Gasteiger partial charge in [0.1, 0.15) is 16.9 Å². The van der Waals surface area contributed by atoms with Crippen LogP contribution in [0.4, 0.5) is 5.82 Å². The monoisotopic (exact) mass is 460 g/mol. The van der Waals surface area contributed by atoms with Gasteiger partial charge in [-0.15, -0.1) is 14.8 Å². The van der Waals surface area contributed by atoms with E-state index in [-0.39, 0.29) is 16.9 Å². The predicted octanol–water partition coefficient (Wildman–Crippen LogP) is 2.55. The number of amides is 1. The fraction of sp³-hybridized carbons (Fsp3) is 0.0909. The lowest BCUT2D eigenvalue weighted by atomic mass is 10.2. The zero-order valence-corrected chi connectivity index (χ0v) is 18.1. The molecule has 0 radical (unpaired) electrons. The first kappa shape index (κ1) is 20.6. The Kier molecular flexibility index (Phi) is 4.98. The molecule has 5 aromatic rings. The van der Waals surface area contributed by atoms with Gasteiger partial charge in [0.05, 0.1) is 33.9 Å². The van der Waals surface area contributed by atoms with Crippen LogP contribution in [0.25, 0.3) is 22.1 Å². The second kappa shape index (κ2) is 7.99. The van der Waals surface area contributed by atoms with Gasteiger partial charge in [-0.25, -0.2) is 4.98 Å². The molecule has 0 unspecified atom stereocenters. The van der Waals surface area contributed by atoms with E-state index in [1.165, 1.54) is 15.4 Å². The van der Waals surface area contributed by atoms with Crippen molar-refractivity contribution in [3.63, 3.8) is 0 Å². The summed E-state index contributed by atoms with van der Waals surface area (Å²) in [5, 5.41) is 15.0. The molecule has 11 heteroatoms. The van der Waals surface area contributed by atoms with Gasteiger partial charge in [-0.2, -0.15) is 0 Å². The number of fused-ring (bicyclic) bond motifs is 2. The summed E-state index contributed by atoms with van der Waals surface area (Å²) in [6.07, 6.45) is 1.44. The van der Waals surface area contributed by atoms with Crippen molar-refractivity contribution >= 4 is 39.7 Å². The summed E-state index contributed by atoms with van der Waals surface area (Å²) >= 11 is 6.32. The van der Waals surface area contributed by atoms with Crippen molar-refractivity contribution in [3.05, 3.63) is 87.6 Å². The molecule has 164 valence electrons. The number of aromatic nitrogens is 6. The van der Waals surface area contributed by atoms with Crippen LogP contribution in [0.3, 0.4) is 0 Å². The van der Waals surface area contributed by atoms with E-state index in [1.807, 2.05) is 18.2 Å². The van der Waals surface area contributed by atoms with E-state index >= 15 is 0 Å². The number of carbonyl (C=O) groups excluding carboxylic acids is 1. The molecule has 2 aromatic carbocycles. The summed E-state index contributed by atoms with van der Waals surface area (Å²) in [6, 6.07) is 15.0. The standard InChI is InChI=1S/C22H17ClN8O2/c1-12(26-21(32)18-16-10-11-25-29-31(16)28-19(18)24)20-27-15-9-5-8-14(23)17(15)22(33)30(20)13-6-3-2-4-7-13/h2-12H,1H3,(H2,24,28)(H,26,32)/t12-/m0/s1. The van der Waals surface area contributed by atoms with E-state index in [0.717, 1.165) is 0 Å². The van der Waals surface area contributed by atoms with E-state index in [4.69, 9.17) is 17.3 Å². The zero-order valence-electron chi connectivity index (χ0n) is 17.3. The predicted molar refractivity (Wildman–Crippen MR) is 123 cm³/mol. The molecule has 1 atom stereocenters. The normalized spacial score (nSPS) is 12.2. The van der Waals surface area contributed by atoms with Crippen molar-refractivity contribution in [2.24, 2.45) is 0 Å². The summed E-state index contributed by atoms with van der Waals surface area (Å²) in [6.45, 7) is 1.73. The van der Waals surface area contributed by atoms with Gasteiger partial charge < -0.3 is 11.1 Å². The minimum atomic E-state index is -0.669. The van der Waals surface area contributed by atoms with Gasteiger partial charge in [0.25, 0.3) is 11.5 Å². The molecule has 0 saturated carbocycles. The molecule has 10 nitrogen and oxygen atoms in total. The maximum Gasteiger partial charge on any atom is 0.267 e. The van der Waals surface area contributed by atoms with Crippen molar-refractivity contribution in [2.45, 2.75) is 13.0 Å². The number of para-hydroxylation sites is 1. The van der Waals surface area contributed by atoms with Gasteiger partial charge in [0.2, 0.25) is 0 Å². The quantitative estimate of drug-likeness (QED) is 0.421. The number of hydrogen-bond donors (Lipinski definition) is 2. The van der Waals surface area contributed by atoms with E-state index in [9.17, 15) is 9.59 Å². The highest BCUT2D eigenvalue weighted by Crippen LogP contribution is 2.24. The maximum atomic E-state index is 13.5. The summed E-state index contributed by atoms with van der Waals surface area (Å²) in [5.41, 5.74) is 7.22. The number of nitrogens with zero attached hydrogens (tertiary/aromatic N) is 6. The minimum absolute atomic E-state index is 0.0129. The smallest absolute Gasteiger partial charge is 0.267 e. The number of nitrogen functional groups attached to an aromatic ring is 1. The average Bonchev–Trinajstić information content (AvgIpc) is 3.15. The van der Waals surface area contributed by atoms with Crippen LogP contribution < -0.4 is 16.6 Å². The molecule has 0 bridgehead atoms. The molecule has 3 heterocycles. The molecule has 0 aliphatic rings. The van der Waals surface area contributed by atoms with Crippen LogP contribution in [0, 0.1) is 0 Å². The first-order valence-corrected chi connectivity index (χ1v) is 10.4. The Bertz CT molecular complexity index is 1580. The number of nitrogens with two attached hydrogens (primary N) is 1. The highest BCUT2D eigenvalue weighted by molar-refractivity contribution is 6.35. The highest BCUT2D eigenvalue weighted by Gasteiger charge is 2.24. The fourth-order valence-corrected chi connectivity index (χ4v) is 3.98. The van der Waals surface area contributed by atoms with Crippen LogP contribution in [-0.4, -0.2) is 35.5 Å². The Morgan fingerprint density at radius 1 is 1.12 bits per heavy atom. The third kappa shape index (κ3) is 3.46. The minimum Gasteiger partial charge on any atom is -0.381 e. The van der Waals surface area contributed by atoms with E-state index in [1.54, 1.807) is 43.3 Å².